The van der Waals surface area contributed by atoms with E-state index in [1.165, 1.54) is 19.3 Å². The number of carbonyl (C=O) groups is 1. The van der Waals surface area contributed by atoms with Gasteiger partial charge in [-0.25, -0.2) is 4.79 Å². The summed E-state index contributed by atoms with van der Waals surface area (Å²) in [6.45, 7) is 3.92. The number of hydrogen-bond donors (Lipinski definition) is 0. The molecular weight excluding hydrogens is 282 g/mol. The summed E-state index contributed by atoms with van der Waals surface area (Å²) in [6.07, 6.45) is 5.44. The number of hydrogen-bond acceptors (Lipinski definition) is 4. The molecule has 0 radical (unpaired) electrons. The highest BCUT2D eigenvalue weighted by Gasteiger charge is 2.32. The van der Waals surface area contributed by atoms with E-state index in [1.54, 1.807) is 4.90 Å². The average Bonchev–Trinajstić information content (AvgIpc) is 2.92. The Morgan fingerprint density at radius 1 is 1.14 bits per heavy atom. The predicted molar refractivity (Wildman–Crippen MR) is 83.8 cm³/mol. The summed E-state index contributed by atoms with van der Waals surface area (Å²) in [7, 11) is 0. The van der Waals surface area contributed by atoms with E-state index in [4.69, 9.17) is 14.2 Å². The summed E-state index contributed by atoms with van der Waals surface area (Å²) in [5.41, 5.74) is 0.810. The molecule has 1 unspecified atom stereocenters. The van der Waals surface area contributed by atoms with Gasteiger partial charge >= 0.3 is 6.09 Å². The second-order valence-corrected chi connectivity index (χ2v) is 5.79. The first kappa shape index (κ1) is 15.0. The highest BCUT2D eigenvalue weighted by Crippen LogP contribution is 2.35. The van der Waals surface area contributed by atoms with Crippen molar-refractivity contribution in [3.8, 4) is 11.5 Å². The minimum absolute atomic E-state index is 0.00226. The normalized spacial score (nSPS) is 20.1. The number of amides is 1. The smallest absolute Gasteiger partial charge is 0.414 e. The summed E-state index contributed by atoms with van der Waals surface area (Å²) in [4.78, 5) is 13.8. The summed E-state index contributed by atoms with van der Waals surface area (Å²) in [6, 6.07) is 5.59. The van der Waals surface area contributed by atoms with E-state index in [-0.39, 0.29) is 12.2 Å². The fourth-order valence-electron chi connectivity index (χ4n) is 2.88. The van der Waals surface area contributed by atoms with Crippen LogP contribution in [0.3, 0.4) is 0 Å². The third kappa shape index (κ3) is 3.29. The lowest BCUT2D eigenvalue weighted by Crippen LogP contribution is -2.25. The third-order valence-electron chi connectivity index (χ3n) is 4.09. The molecule has 0 aromatic heterocycles. The Bertz CT molecular complexity index is 531. The van der Waals surface area contributed by atoms with Gasteiger partial charge in [0, 0.05) is 6.07 Å². The van der Waals surface area contributed by atoms with Crippen molar-refractivity contribution in [2.24, 2.45) is 0 Å². The standard InChI is InChI=1S/C17H23NO4/c1-2-3-4-5-6-14-12-18(17(19)22-14)13-7-8-15-16(11-13)21-10-9-20-15/h7-8,11,14H,2-6,9-10,12H2,1H3. The van der Waals surface area contributed by atoms with E-state index in [2.05, 4.69) is 6.92 Å². The second-order valence-electron chi connectivity index (χ2n) is 5.79. The molecular formula is C17H23NO4. The van der Waals surface area contributed by atoms with Crippen LogP contribution >= 0.6 is 0 Å². The van der Waals surface area contributed by atoms with Crippen molar-refractivity contribution in [2.75, 3.05) is 24.7 Å². The summed E-state index contributed by atoms with van der Waals surface area (Å²) < 4.78 is 16.5. The van der Waals surface area contributed by atoms with E-state index in [0.29, 0.717) is 25.5 Å². The Morgan fingerprint density at radius 3 is 2.77 bits per heavy atom. The topological polar surface area (TPSA) is 48.0 Å². The summed E-state index contributed by atoms with van der Waals surface area (Å²) in [5, 5.41) is 0. The number of fused-ring (bicyclic) bond motifs is 1. The lowest BCUT2D eigenvalue weighted by atomic mass is 10.1. The summed E-state index contributed by atoms with van der Waals surface area (Å²) >= 11 is 0. The van der Waals surface area contributed by atoms with Crippen LogP contribution in [0.25, 0.3) is 0 Å². The van der Waals surface area contributed by atoms with Crippen LogP contribution in [0.1, 0.15) is 39.0 Å². The zero-order valence-corrected chi connectivity index (χ0v) is 13.0. The number of nitrogens with zero attached hydrogens (tertiary/aromatic N) is 1. The maximum absolute atomic E-state index is 12.1. The van der Waals surface area contributed by atoms with Gasteiger partial charge in [-0.2, -0.15) is 0 Å². The van der Waals surface area contributed by atoms with Crippen LogP contribution in [0, 0.1) is 0 Å². The lowest BCUT2D eigenvalue weighted by Gasteiger charge is -2.21. The number of benzene rings is 1. The van der Waals surface area contributed by atoms with Crippen molar-refractivity contribution in [3.63, 3.8) is 0 Å². The van der Waals surface area contributed by atoms with Crippen LogP contribution < -0.4 is 14.4 Å². The number of carbonyl (C=O) groups excluding carboxylic acids is 1. The van der Waals surface area contributed by atoms with E-state index in [9.17, 15) is 4.79 Å². The second kappa shape index (κ2) is 6.90. The van der Waals surface area contributed by atoms with Gasteiger partial charge in [-0.05, 0) is 25.0 Å². The Hall–Kier alpha value is -1.91. The quantitative estimate of drug-likeness (QED) is 0.751. The molecule has 2 aliphatic heterocycles. The van der Waals surface area contributed by atoms with E-state index in [0.717, 1.165) is 24.3 Å². The number of ether oxygens (including phenoxy) is 3. The monoisotopic (exact) mass is 305 g/mol. The Balaban J connectivity index is 1.61. The first-order chi connectivity index (χ1) is 10.8. The highest BCUT2D eigenvalue weighted by atomic mass is 16.6. The molecule has 1 saturated heterocycles. The molecule has 1 aromatic rings. The Morgan fingerprint density at radius 2 is 1.95 bits per heavy atom. The molecule has 2 aliphatic rings. The predicted octanol–water partition coefficient (Wildman–Crippen LogP) is 3.75. The molecule has 1 fully saturated rings. The van der Waals surface area contributed by atoms with E-state index >= 15 is 0 Å². The lowest BCUT2D eigenvalue weighted by molar-refractivity contribution is 0.135. The van der Waals surface area contributed by atoms with Crippen molar-refractivity contribution in [3.05, 3.63) is 18.2 Å². The van der Waals surface area contributed by atoms with Crippen LogP contribution in [0.5, 0.6) is 11.5 Å². The van der Waals surface area contributed by atoms with Gasteiger partial charge in [0.2, 0.25) is 0 Å². The minimum Gasteiger partial charge on any atom is -0.486 e. The third-order valence-corrected chi connectivity index (χ3v) is 4.09. The highest BCUT2D eigenvalue weighted by molar-refractivity contribution is 5.90. The van der Waals surface area contributed by atoms with Crippen LogP contribution in [-0.2, 0) is 4.74 Å². The van der Waals surface area contributed by atoms with Crippen LogP contribution in [0.15, 0.2) is 18.2 Å². The molecule has 0 N–H and O–H groups in total. The molecule has 2 heterocycles. The molecule has 0 spiro atoms. The first-order valence-electron chi connectivity index (χ1n) is 8.15. The van der Waals surface area contributed by atoms with Gasteiger partial charge in [0.15, 0.2) is 11.5 Å². The largest absolute Gasteiger partial charge is 0.486 e. The molecule has 120 valence electrons. The molecule has 0 saturated carbocycles. The molecule has 3 rings (SSSR count). The maximum atomic E-state index is 12.1. The molecule has 1 atom stereocenters. The van der Waals surface area contributed by atoms with Crippen LogP contribution in [0.2, 0.25) is 0 Å². The summed E-state index contributed by atoms with van der Waals surface area (Å²) in [5.74, 6) is 1.43. The number of rotatable bonds is 6. The van der Waals surface area contributed by atoms with Crippen LogP contribution in [-0.4, -0.2) is 32.0 Å². The van der Waals surface area contributed by atoms with Gasteiger partial charge in [-0.15, -0.1) is 0 Å². The van der Waals surface area contributed by atoms with E-state index < -0.39 is 0 Å². The van der Waals surface area contributed by atoms with Crippen molar-refractivity contribution in [2.45, 2.75) is 45.1 Å². The molecule has 5 nitrogen and oxygen atoms in total. The number of anilines is 1. The van der Waals surface area contributed by atoms with Gasteiger partial charge < -0.3 is 14.2 Å². The fraction of sp³-hybridized carbons (Fsp3) is 0.588. The van der Waals surface area contributed by atoms with Gasteiger partial charge in [-0.1, -0.05) is 26.2 Å². The van der Waals surface area contributed by atoms with Crippen LogP contribution in [0.4, 0.5) is 10.5 Å². The number of unbranched alkanes of at least 4 members (excludes halogenated alkanes) is 3. The molecule has 1 aromatic carbocycles. The van der Waals surface area contributed by atoms with Gasteiger partial charge in [-0.3, -0.25) is 4.90 Å². The number of cyclic esters (lactones) is 1. The average molecular weight is 305 g/mol. The SMILES string of the molecule is CCCCCCC1CN(c2ccc3c(c2)OCCO3)C(=O)O1. The van der Waals surface area contributed by atoms with Crippen molar-refractivity contribution in [1.29, 1.82) is 0 Å². The molecule has 1 amide bonds. The Labute approximate surface area is 131 Å². The van der Waals surface area contributed by atoms with Gasteiger partial charge in [0.25, 0.3) is 0 Å². The molecule has 22 heavy (non-hydrogen) atoms. The Kier molecular flexibility index (Phi) is 4.71. The van der Waals surface area contributed by atoms with Gasteiger partial charge in [0.05, 0.1) is 12.2 Å². The zero-order valence-electron chi connectivity index (χ0n) is 13.0. The van der Waals surface area contributed by atoms with E-state index in [1.807, 2.05) is 18.2 Å². The van der Waals surface area contributed by atoms with Crippen molar-refractivity contribution < 1.29 is 19.0 Å². The first-order valence-corrected chi connectivity index (χ1v) is 8.15. The molecule has 0 aliphatic carbocycles. The zero-order chi connectivity index (χ0) is 15.4. The fourth-order valence-corrected chi connectivity index (χ4v) is 2.88. The molecule has 0 bridgehead atoms. The van der Waals surface area contributed by atoms with Crippen molar-refractivity contribution in [1.82, 2.24) is 0 Å². The van der Waals surface area contributed by atoms with Crippen molar-refractivity contribution >= 4 is 11.8 Å². The molecule has 5 heteroatoms. The maximum Gasteiger partial charge on any atom is 0.414 e. The van der Waals surface area contributed by atoms with Gasteiger partial charge in [0.1, 0.15) is 19.3 Å². The minimum atomic E-state index is -0.267.